The predicted octanol–water partition coefficient (Wildman–Crippen LogP) is 3.58. The molecule has 1 amide bonds. The molecule has 4 rings (SSSR count). The Morgan fingerprint density at radius 3 is 2.78 bits per heavy atom. The number of aromatic nitrogens is 1. The summed E-state index contributed by atoms with van der Waals surface area (Å²) in [5.41, 5.74) is 7.50. The number of nitrogens with zero attached hydrogens (tertiary/aromatic N) is 2. The van der Waals surface area contributed by atoms with E-state index in [2.05, 4.69) is 18.8 Å². The summed E-state index contributed by atoms with van der Waals surface area (Å²) in [4.78, 5) is 19.2. The molecule has 0 bridgehead atoms. The van der Waals surface area contributed by atoms with Crippen molar-refractivity contribution in [3.05, 3.63) is 29.3 Å². The summed E-state index contributed by atoms with van der Waals surface area (Å²) in [6.45, 7) is 5.80. The first-order valence-corrected chi connectivity index (χ1v) is 9.22. The van der Waals surface area contributed by atoms with Gasteiger partial charge in [0.15, 0.2) is 11.5 Å². The van der Waals surface area contributed by atoms with Crippen LogP contribution in [0.2, 0.25) is 0 Å². The second-order valence-corrected chi connectivity index (χ2v) is 8.07. The Morgan fingerprint density at radius 2 is 2.04 bits per heavy atom. The van der Waals surface area contributed by atoms with Gasteiger partial charge in [-0.3, -0.25) is 4.79 Å². The minimum atomic E-state index is -0.0793. The summed E-state index contributed by atoms with van der Waals surface area (Å²) in [5, 5.41) is 2.62. The molecule has 1 saturated heterocycles. The summed E-state index contributed by atoms with van der Waals surface area (Å²) >= 11 is 1.46. The van der Waals surface area contributed by atoms with Crippen molar-refractivity contribution < 1.29 is 14.3 Å². The zero-order valence-electron chi connectivity index (χ0n) is 15.1. The van der Waals surface area contributed by atoms with Gasteiger partial charge in [-0.05, 0) is 30.0 Å². The van der Waals surface area contributed by atoms with Crippen LogP contribution in [0, 0.1) is 5.41 Å². The number of amides is 1. The molecule has 27 heavy (non-hydrogen) atoms. The van der Waals surface area contributed by atoms with Gasteiger partial charge in [0.25, 0.3) is 5.91 Å². The number of rotatable bonds is 2. The number of carbonyl (C=O) groups excluding carboxylic acids is 1. The number of hydrogen-bond acceptors (Lipinski definition) is 6. The number of benzene rings is 1. The molecule has 148 valence electrons. The average Bonchev–Trinajstić information content (AvgIpc) is 3.24. The molecule has 2 aromatic rings. The van der Waals surface area contributed by atoms with Gasteiger partial charge < -0.3 is 20.1 Å². The molecule has 1 fully saturated rings. The van der Waals surface area contributed by atoms with E-state index in [9.17, 15) is 4.79 Å². The molecule has 3 heterocycles. The highest BCUT2D eigenvalue weighted by atomic mass is 35.5. The first kappa shape index (κ1) is 21.8. The lowest BCUT2D eigenvalue weighted by molar-refractivity contribution is 0.0528. The second kappa shape index (κ2) is 8.22. The Labute approximate surface area is 174 Å². The van der Waals surface area contributed by atoms with Gasteiger partial charge in [-0.2, -0.15) is 0 Å². The number of nitrogens with two attached hydrogens (primary N) is 1. The fourth-order valence-electron chi connectivity index (χ4n) is 3.24. The Hall–Kier alpha value is -1.54. The zero-order chi connectivity index (χ0) is 17.6. The number of likely N-dealkylation sites (tertiary alicyclic amines) is 1. The number of halogens is 2. The van der Waals surface area contributed by atoms with E-state index in [-0.39, 0.29) is 49.0 Å². The fraction of sp³-hybridized carbons (Fsp3) is 0.444. The maximum atomic E-state index is 12.8. The van der Waals surface area contributed by atoms with Crippen LogP contribution in [-0.4, -0.2) is 41.7 Å². The molecule has 0 radical (unpaired) electrons. The average molecular weight is 432 g/mol. The van der Waals surface area contributed by atoms with Crippen LogP contribution in [0.1, 0.15) is 30.8 Å². The van der Waals surface area contributed by atoms with Crippen LogP contribution in [0.5, 0.6) is 11.5 Å². The van der Waals surface area contributed by atoms with Crippen LogP contribution in [0.4, 0.5) is 0 Å². The summed E-state index contributed by atoms with van der Waals surface area (Å²) < 4.78 is 10.7. The van der Waals surface area contributed by atoms with Gasteiger partial charge >= 0.3 is 0 Å². The SMILES string of the molecule is CC1(C)CN(C(=O)c2csc(-c3ccc4c(c3)OCO4)n2)CCC1N.Cl.Cl. The van der Waals surface area contributed by atoms with E-state index in [1.54, 1.807) is 0 Å². The van der Waals surface area contributed by atoms with Crippen LogP contribution in [-0.2, 0) is 0 Å². The van der Waals surface area contributed by atoms with Gasteiger partial charge in [-0.25, -0.2) is 4.98 Å². The topological polar surface area (TPSA) is 77.7 Å². The number of hydrogen-bond donors (Lipinski definition) is 1. The second-order valence-electron chi connectivity index (χ2n) is 7.22. The normalized spacial score (nSPS) is 19.8. The number of carbonyl (C=O) groups is 1. The molecule has 6 nitrogen and oxygen atoms in total. The lowest BCUT2D eigenvalue weighted by Gasteiger charge is -2.42. The largest absolute Gasteiger partial charge is 0.454 e. The summed E-state index contributed by atoms with van der Waals surface area (Å²) in [6, 6.07) is 5.83. The van der Waals surface area contributed by atoms with Crippen molar-refractivity contribution in [1.29, 1.82) is 0 Å². The van der Waals surface area contributed by atoms with Crippen molar-refractivity contribution >= 4 is 42.1 Å². The maximum Gasteiger partial charge on any atom is 0.273 e. The van der Waals surface area contributed by atoms with E-state index in [1.165, 1.54) is 11.3 Å². The molecule has 2 aliphatic heterocycles. The van der Waals surface area contributed by atoms with E-state index in [0.717, 1.165) is 22.7 Å². The Balaban J connectivity index is 0.00000131. The van der Waals surface area contributed by atoms with Gasteiger partial charge in [0.1, 0.15) is 10.7 Å². The highest BCUT2D eigenvalue weighted by molar-refractivity contribution is 7.13. The van der Waals surface area contributed by atoms with E-state index in [4.69, 9.17) is 15.2 Å². The van der Waals surface area contributed by atoms with E-state index in [0.29, 0.717) is 24.5 Å². The molecule has 9 heteroatoms. The first-order chi connectivity index (χ1) is 11.9. The molecular weight excluding hydrogens is 409 g/mol. The van der Waals surface area contributed by atoms with E-state index in [1.807, 2.05) is 28.5 Å². The highest BCUT2D eigenvalue weighted by Crippen LogP contribution is 2.37. The molecule has 2 aliphatic rings. The first-order valence-electron chi connectivity index (χ1n) is 8.34. The fourth-order valence-corrected chi connectivity index (χ4v) is 4.03. The molecule has 1 atom stereocenters. The Bertz CT molecular complexity index is 828. The van der Waals surface area contributed by atoms with E-state index < -0.39 is 0 Å². The maximum absolute atomic E-state index is 12.8. The standard InChI is InChI=1S/C18H21N3O3S.2ClH/c1-18(2)9-21(6-5-15(18)19)17(22)12-8-25-16(20-12)11-3-4-13-14(7-11)24-10-23-13;;/h3-4,7-8,15H,5-6,9-10,19H2,1-2H3;2*1H. The predicted molar refractivity (Wildman–Crippen MR) is 110 cm³/mol. The number of thiazole rings is 1. The summed E-state index contributed by atoms with van der Waals surface area (Å²) in [6.07, 6.45) is 0.817. The van der Waals surface area contributed by atoms with Crippen molar-refractivity contribution in [2.75, 3.05) is 19.9 Å². The van der Waals surface area contributed by atoms with Crippen LogP contribution < -0.4 is 15.2 Å². The molecule has 1 unspecified atom stereocenters. The number of fused-ring (bicyclic) bond motifs is 1. The molecule has 0 spiro atoms. The lowest BCUT2D eigenvalue weighted by Crippen LogP contribution is -2.54. The number of piperidine rings is 1. The van der Waals surface area contributed by atoms with Crippen LogP contribution in [0.15, 0.2) is 23.6 Å². The van der Waals surface area contributed by atoms with Crippen molar-refractivity contribution in [3.63, 3.8) is 0 Å². The van der Waals surface area contributed by atoms with Crippen LogP contribution in [0.25, 0.3) is 10.6 Å². The summed E-state index contributed by atoms with van der Waals surface area (Å²) in [7, 11) is 0. The monoisotopic (exact) mass is 431 g/mol. The van der Waals surface area contributed by atoms with Crippen molar-refractivity contribution in [2.24, 2.45) is 11.1 Å². The minimum Gasteiger partial charge on any atom is -0.454 e. The van der Waals surface area contributed by atoms with E-state index >= 15 is 0 Å². The Kier molecular flexibility index (Phi) is 6.63. The van der Waals surface area contributed by atoms with Gasteiger partial charge in [-0.1, -0.05) is 13.8 Å². The van der Waals surface area contributed by atoms with Crippen LogP contribution in [0.3, 0.4) is 0 Å². The van der Waals surface area contributed by atoms with Crippen molar-refractivity contribution in [3.8, 4) is 22.1 Å². The lowest BCUT2D eigenvalue weighted by atomic mass is 9.79. The van der Waals surface area contributed by atoms with Crippen LogP contribution >= 0.6 is 36.2 Å². The van der Waals surface area contributed by atoms with Gasteiger partial charge in [0.05, 0.1) is 0 Å². The molecule has 0 aliphatic carbocycles. The quantitative estimate of drug-likeness (QED) is 0.785. The van der Waals surface area contributed by atoms with Gasteiger partial charge in [0.2, 0.25) is 6.79 Å². The summed E-state index contributed by atoms with van der Waals surface area (Å²) in [5.74, 6) is 1.43. The minimum absolute atomic E-state index is 0. The Morgan fingerprint density at radius 1 is 1.30 bits per heavy atom. The molecule has 1 aromatic heterocycles. The third-order valence-electron chi connectivity index (χ3n) is 4.94. The smallest absolute Gasteiger partial charge is 0.273 e. The third kappa shape index (κ3) is 4.16. The molecule has 1 aromatic carbocycles. The highest BCUT2D eigenvalue weighted by Gasteiger charge is 2.36. The van der Waals surface area contributed by atoms with Gasteiger partial charge in [-0.15, -0.1) is 36.2 Å². The number of ether oxygens (including phenoxy) is 2. The third-order valence-corrected chi connectivity index (χ3v) is 5.83. The molecule has 2 N–H and O–H groups in total. The van der Waals surface area contributed by atoms with Crippen molar-refractivity contribution in [2.45, 2.75) is 26.3 Å². The van der Waals surface area contributed by atoms with Crippen molar-refractivity contribution in [1.82, 2.24) is 9.88 Å². The van der Waals surface area contributed by atoms with Gasteiger partial charge in [0, 0.05) is 30.1 Å². The molecule has 0 saturated carbocycles. The molecular formula is C18H23Cl2N3O3S. The zero-order valence-corrected chi connectivity index (χ0v) is 17.6.